The summed E-state index contributed by atoms with van der Waals surface area (Å²) in [5.74, 6) is 0.182. The Labute approximate surface area is 80.3 Å². The maximum Gasteiger partial charge on any atom is 0.148 e. The van der Waals surface area contributed by atoms with Gasteiger partial charge in [-0.3, -0.25) is 0 Å². The van der Waals surface area contributed by atoms with Crippen LogP contribution < -0.4 is 5.73 Å². The largest absolute Gasteiger partial charge is 0.327 e. The summed E-state index contributed by atoms with van der Waals surface area (Å²) in [5.41, 5.74) is 6.27. The van der Waals surface area contributed by atoms with E-state index in [0.717, 1.165) is 5.57 Å². The van der Waals surface area contributed by atoms with Gasteiger partial charge in [-0.15, -0.1) is 0 Å². The third-order valence-corrected chi connectivity index (χ3v) is 2.55. The Balaban J connectivity index is 3.76. The molecule has 0 amide bonds. The maximum atomic E-state index is 10.8. The van der Waals surface area contributed by atoms with Crippen molar-refractivity contribution in [3.63, 3.8) is 0 Å². The average molecular weight is 206 g/mol. The highest BCUT2D eigenvalue weighted by Gasteiger charge is 2.05. The molecule has 0 radical (unpaired) electrons. The van der Waals surface area contributed by atoms with Crippen LogP contribution in [0.15, 0.2) is 12.2 Å². The lowest BCUT2D eigenvalue weighted by Gasteiger charge is -2.16. The van der Waals surface area contributed by atoms with Crippen LogP contribution >= 0.6 is 0 Å². The van der Waals surface area contributed by atoms with Crippen molar-refractivity contribution in [3.05, 3.63) is 12.2 Å². The molecule has 2 N–H and O–H groups in total. The van der Waals surface area contributed by atoms with Gasteiger partial charge in [0, 0.05) is 25.9 Å². The third-order valence-electron chi connectivity index (χ3n) is 1.63. The minimum absolute atomic E-state index is 0.182. The number of nitrogens with two attached hydrogens (primary N) is 1. The van der Waals surface area contributed by atoms with Gasteiger partial charge in [0.05, 0.1) is 5.75 Å². The fourth-order valence-electron chi connectivity index (χ4n) is 0.847. The van der Waals surface area contributed by atoms with Crippen LogP contribution in [0.4, 0.5) is 0 Å². The molecule has 0 aliphatic rings. The molecule has 0 rings (SSSR count). The standard InChI is InChI=1S/C8H18N2O2S/c1-8(6-9)7-10(2)4-5-13(3,11)12/h1,4-7,9H2,2-3H3. The quantitative estimate of drug-likeness (QED) is 0.594. The monoisotopic (exact) mass is 206 g/mol. The van der Waals surface area contributed by atoms with Crippen LogP contribution in [-0.4, -0.2) is 52.0 Å². The van der Waals surface area contributed by atoms with Crippen LogP contribution in [-0.2, 0) is 9.84 Å². The highest BCUT2D eigenvalue weighted by Crippen LogP contribution is 1.93. The minimum atomic E-state index is -2.86. The molecule has 0 aromatic rings. The smallest absolute Gasteiger partial charge is 0.148 e. The summed E-state index contributed by atoms with van der Waals surface area (Å²) in [4.78, 5) is 1.90. The second-order valence-corrected chi connectivity index (χ2v) is 5.58. The zero-order chi connectivity index (χ0) is 10.5. The Morgan fingerprint density at radius 2 is 2.08 bits per heavy atom. The summed E-state index contributed by atoms with van der Waals surface area (Å²) in [5, 5.41) is 0. The number of sulfone groups is 1. The molecule has 0 atom stereocenters. The van der Waals surface area contributed by atoms with Crippen molar-refractivity contribution in [1.82, 2.24) is 4.90 Å². The molecule has 4 nitrogen and oxygen atoms in total. The van der Waals surface area contributed by atoms with E-state index in [4.69, 9.17) is 5.73 Å². The Morgan fingerprint density at radius 3 is 2.46 bits per heavy atom. The molecule has 0 aliphatic carbocycles. The molecular formula is C8H18N2O2S. The van der Waals surface area contributed by atoms with Gasteiger partial charge in [0.1, 0.15) is 9.84 Å². The van der Waals surface area contributed by atoms with E-state index in [2.05, 4.69) is 6.58 Å². The zero-order valence-corrected chi connectivity index (χ0v) is 9.10. The molecule has 5 heteroatoms. The molecule has 0 aromatic carbocycles. The maximum absolute atomic E-state index is 10.8. The Kier molecular flexibility index (Phi) is 5.20. The SMILES string of the molecule is C=C(CN)CN(C)CCS(C)(=O)=O. The first kappa shape index (κ1) is 12.6. The Morgan fingerprint density at radius 1 is 1.54 bits per heavy atom. The first-order valence-electron chi connectivity index (χ1n) is 4.08. The van der Waals surface area contributed by atoms with E-state index in [0.29, 0.717) is 19.6 Å². The lowest BCUT2D eigenvalue weighted by molar-refractivity contribution is 0.382. The van der Waals surface area contributed by atoms with Crippen LogP contribution in [0.3, 0.4) is 0 Å². The van der Waals surface area contributed by atoms with Crippen molar-refractivity contribution in [3.8, 4) is 0 Å². The topological polar surface area (TPSA) is 63.4 Å². The zero-order valence-electron chi connectivity index (χ0n) is 8.28. The van der Waals surface area contributed by atoms with Crippen LogP contribution in [0.2, 0.25) is 0 Å². The van der Waals surface area contributed by atoms with E-state index < -0.39 is 9.84 Å². The molecule has 0 saturated heterocycles. The molecule has 0 aliphatic heterocycles. The van der Waals surface area contributed by atoms with E-state index in [1.807, 2.05) is 11.9 Å². The number of rotatable bonds is 6. The fourth-order valence-corrected chi connectivity index (χ4v) is 1.49. The van der Waals surface area contributed by atoms with Gasteiger partial charge < -0.3 is 10.6 Å². The van der Waals surface area contributed by atoms with Gasteiger partial charge in [-0.2, -0.15) is 0 Å². The van der Waals surface area contributed by atoms with Crippen LogP contribution in [0.25, 0.3) is 0 Å². The molecule has 0 saturated carbocycles. The van der Waals surface area contributed by atoms with Crippen molar-refractivity contribution in [2.24, 2.45) is 5.73 Å². The lowest BCUT2D eigenvalue weighted by Crippen LogP contribution is -2.28. The normalized spacial score (nSPS) is 12.0. The van der Waals surface area contributed by atoms with Crippen LogP contribution in [0.1, 0.15) is 0 Å². The van der Waals surface area contributed by atoms with Crippen molar-refractivity contribution in [2.75, 3.05) is 38.7 Å². The second-order valence-electron chi connectivity index (χ2n) is 3.32. The van der Waals surface area contributed by atoms with Crippen molar-refractivity contribution in [1.29, 1.82) is 0 Å². The highest BCUT2D eigenvalue weighted by atomic mass is 32.2. The van der Waals surface area contributed by atoms with Gasteiger partial charge >= 0.3 is 0 Å². The number of nitrogens with zero attached hydrogens (tertiary/aromatic N) is 1. The van der Waals surface area contributed by atoms with Crippen molar-refractivity contribution in [2.45, 2.75) is 0 Å². The van der Waals surface area contributed by atoms with Crippen molar-refractivity contribution < 1.29 is 8.42 Å². The molecule has 0 spiro atoms. The first-order valence-corrected chi connectivity index (χ1v) is 6.14. The fraction of sp³-hybridized carbons (Fsp3) is 0.750. The average Bonchev–Trinajstić information content (AvgIpc) is 1.99. The molecule has 0 fully saturated rings. The predicted molar refractivity (Wildman–Crippen MR) is 55.4 cm³/mol. The van der Waals surface area contributed by atoms with Gasteiger partial charge in [-0.1, -0.05) is 6.58 Å². The number of hydrogen-bond acceptors (Lipinski definition) is 4. The van der Waals surface area contributed by atoms with Crippen LogP contribution in [0.5, 0.6) is 0 Å². The molecule has 0 heterocycles. The molecule has 0 aromatic heterocycles. The van der Waals surface area contributed by atoms with Gasteiger partial charge in [0.2, 0.25) is 0 Å². The predicted octanol–water partition coefficient (Wildman–Crippen LogP) is -0.522. The summed E-state index contributed by atoms with van der Waals surface area (Å²) < 4.78 is 21.6. The second kappa shape index (κ2) is 5.36. The number of likely N-dealkylation sites (N-methyl/N-ethyl adjacent to an activating group) is 1. The van der Waals surface area contributed by atoms with Gasteiger partial charge in [-0.05, 0) is 12.6 Å². The Hall–Kier alpha value is -0.390. The van der Waals surface area contributed by atoms with E-state index >= 15 is 0 Å². The summed E-state index contributed by atoms with van der Waals surface area (Å²) in [6, 6.07) is 0. The summed E-state index contributed by atoms with van der Waals surface area (Å²) >= 11 is 0. The minimum Gasteiger partial charge on any atom is -0.327 e. The summed E-state index contributed by atoms with van der Waals surface area (Å²) in [6.07, 6.45) is 1.23. The molecule has 0 unspecified atom stereocenters. The van der Waals surface area contributed by atoms with E-state index in [1.165, 1.54) is 6.26 Å². The van der Waals surface area contributed by atoms with Gasteiger partial charge in [-0.25, -0.2) is 8.42 Å². The highest BCUT2D eigenvalue weighted by molar-refractivity contribution is 7.90. The molecule has 13 heavy (non-hydrogen) atoms. The van der Waals surface area contributed by atoms with Gasteiger partial charge in [0.15, 0.2) is 0 Å². The van der Waals surface area contributed by atoms with Crippen LogP contribution in [0, 0.1) is 0 Å². The summed E-state index contributed by atoms with van der Waals surface area (Å²) in [7, 11) is -1.01. The summed E-state index contributed by atoms with van der Waals surface area (Å²) in [6.45, 7) is 5.37. The van der Waals surface area contributed by atoms with E-state index in [1.54, 1.807) is 0 Å². The Bertz CT molecular complexity index is 259. The van der Waals surface area contributed by atoms with E-state index in [-0.39, 0.29) is 5.75 Å². The first-order chi connectivity index (χ1) is 5.85. The molecule has 78 valence electrons. The lowest BCUT2D eigenvalue weighted by atomic mass is 10.3. The van der Waals surface area contributed by atoms with E-state index in [9.17, 15) is 8.42 Å². The molecular weight excluding hydrogens is 188 g/mol. The van der Waals surface area contributed by atoms with Crippen molar-refractivity contribution >= 4 is 9.84 Å². The number of hydrogen-bond donors (Lipinski definition) is 1. The van der Waals surface area contributed by atoms with Gasteiger partial charge in [0.25, 0.3) is 0 Å². The third kappa shape index (κ3) is 7.95. The molecule has 0 bridgehead atoms.